The molecule has 0 atom stereocenters. The molecule has 0 saturated carbocycles. The van der Waals surface area contributed by atoms with Crippen LogP contribution in [-0.4, -0.2) is 27.1 Å². The van der Waals surface area contributed by atoms with Crippen LogP contribution in [0.2, 0.25) is 0 Å². The van der Waals surface area contributed by atoms with Crippen molar-refractivity contribution in [3.8, 4) is 5.69 Å². The number of nitrogen functional groups attached to an aromatic ring is 1. The number of rotatable bonds is 4. The third-order valence-corrected chi connectivity index (χ3v) is 3.31. The van der Waals surface area contributed by atoms with Gasteiger partial charge in [-0.05, 0) is 28.9 Å². The molecule has 8 nitrogen and oxygen atoms in total. The summed E-state index contributed by atoms with van der Waals surface area (Å²) in [5.74, 6) is -0.519. The third-order valence-electron chi connectivity index (χ3n) is 2.67. The van der Waals surface area contributed by atoms with E-state index in [-0.39, 0.29) is 23.8 Å². The quantitative estimate of drug-likeness (QED) is 0.511. The lowest BCUT2D eigenvalue weighted by molar-refractivity contribution is -0.384. The van der Waals surface area contributed by atoms with Crippen LogP contribution in [0.25, 0.3) is 5.69 Å². The molecule has 2 aromatic rings. The second-order valence-corrected chi connectivity index (χ2v) is 4.82. The molecule has 0 aliphatic carbocycles. The third kappa shape index (κ3) is 2.87. The van der Waals surface area contributed by atoms with Gasteiger partial charge >= 0.3 is 5.97 Å². The number of anilines is 1. The number of nitro benzene ring substituents is 1. The highest BCUT2D eigenvalue weighted by molar-refractivity contribution is 9.10. The first-order chi connectivity index (χ1) is 9.95. The fourth-order valence-electron chi connectivity index (χ4n) is 1.71. The predicted molar refractivity (Wildman–Crippen MR) is 78.3 cm³/mol. The summed E-state index contributed by atoms with van der Waals surface area (Å²) in [6, 6.07) is 4.19. The van der Waals surface area contributed by atoms with Crippen LogP contribution < -0.4 is 5.73 Å². The Morgan fingerprint density at radius 1 is 1.57 bits per heavy atom. The number of nitrogens with two attached hydrogens (primary N) is 1. The van der Waals surface area contributed by atoms with Crippen molar-refractivity contribution in [2.45, 2.75) is 6.92 Å². The Morgan fingerprint density at radius 2 is 2.29 bits per heavy atom. The molecule has 0 bridgehead atoms. The normalized spacial score (nSPS) is 10.4. The van der Waals surface area contributed by atoms with Gasteiger partial charge in [0.2, 0.25) is 0 Å². The van der Waals surface area contributed by atoms with Gasteiger partial charge in [-0.25, -0.2) is 9.78 Å². The predicted octanol–water partition coefficient (Wildman–Crippen LogP) is 2.30. The zero-order valence-electron chi connectivity index (χ0n) is 10.9. The second kappa shape index (κ2) is 5.92. The summed E-state index contributed by atoms with van der Waals surface area (Å²) >= 11 is 3.24. The number of hydrogen-bond acceptors (Lipinski definition) is 6. The van der Waals surface area contributed by atoms with Gasteiger partial charge in [-0.2, -0.15) is 0 Å². The number of non-ortho nitro benzene ring substituents is 1. The summed E-state index contributed by atoms with van der Waals surface area (Å²) in [5.41, 5.74) is 6.35. The van der Waals surface area contributed by atoms with E-state index in [9.17, 15) is 14.9 Å². The van der Waals surface area contributed by atoms with E-state index >= 15 is 0 Å². The Hall–Kier alpha value is -2.42. The number of nitrogens with zero attached hydrogens (tertiary/aromatic N) is 3. The zero-order valence-corrected chi connectivity index (χ0v) is 12.5. The Balaban J connectivity index is 2.44. The summed E-state index contributed by atoms with van der Waals surface area (Å²) in [6.45, 7) is 1.89. The lowest BCUT2D eigenvalue weighted by Crippen LogP contribution is -2.09. The maximum absolute atomic E-state index is 11.7. The number of benzene rings is 1. The van der Waals surface area contributed by atoms with Gasteiger partial charge in [0.1, 0.15) is 12.1 Å². The van der Waals surface area contributed by atoms with Crippen molar-refractivity contribution in [3.05, 3.63) is 44.8 Å². The van der Waals surface area contributed by atoms with Gasteiger partial charge in [0.25, 0.3) is 5.69 Å². The van der Waals surface area contributed by atoms with Gasteiger partial charge in [-0.15, -0.1) is 0 Å². The Morgan fingerprint density at radius 3 is 2.86 bits per heavy atom. The molecule has 0 aliphatic rings. The monoisotopic (exact) mass is 354 g/mol. The fourth-order valence-corrected chi connectivity index (χ4v) is 2.27. The van der Waals surface area contributed by atoms with Crippen molar-refractivity contribution in [1.82, 2.24) is 9.55 Å². The Labute approximate surface area is 127 Å². The highest BCUT2D eigenvalue weighted by Crippen LogP contribution is 2.28. The van der Waals surface area contributed by atoms with E-state index < -0.39 is 10.9 Å². The first kappa shape index (κ1) is 15.0. The molecule has 2 rings (SSSR count). The summed E-state index contributed by atoms with van der Waals surface area (Å²) in [4.78, 5) is 25.8. The van der Waals surface area contributed by atoms with Gasteiger partial charge in [-0.3, -0.25) is 14.7 Å². The van der Waals surface area contributed by atoms with Gasteiger partial charge in [0.15, 0.2) is 5.69 Å². The fraction of sp³-hybridized carbons (Fsp3) is 0.167. The van der Waals surface area contributed by atoms with E-state index in [0.717, 1.165) is 0 Å². The Bertz CT molecular complexity index is 713. The van der Waals surface area contributed by atoms with Crippen LogP contribution >= 0.6 is 15.9 Å². The van der Waals surface area contributed by atoms with Crippen LogP contribution in [0, 0.1) is 10.1 Å². The molecular weight excluding hydrogens is 344 g/mol. The number of ether oxygens (including phenoxy) is 1. The number of imidazole rings is 1. The molecule has 0 amide bonds. The van der Waals surface area contributed by atoms with Crippen molar-refractivity contribution < 1.29 is 14.5 Å². The van der Waals surface area contributed by atoms with Crippen LogP contribution in [0.5, 0.6) is 0 Å². The summed E-state index contributed by atoms with van der Waals surface area (Å²) < 4.78 is 6.74. The largest absolute Gasteiger partial charge is 0.461 e. The minimum atomic E-state index is -0.619. The number of aromatic nitrogens is 2. The molecule has 2 N–H and O–H groups in total. The molecule has 0 spiro atoms. The summed E-state index contributed by atoms with van der Waals surface area (Å²) in [7, 11) is 0. The second-order valence-electron chi connectivity index (χ2n) is 3.96. The number of esters is 1. The van der Waals surface area contributed by atoms with E-state index in [1.54, 1.807) is 6.92 Å². The molecule has 21 heavy (non-hydrogen) atoms. The maximum Gasteiger partial charge on any atom is 0.360 e. The van der Waals surface area contributed by atoms with Crippen LogP contribution in [0.1, 0.15) is 17.4 Å². The SMILES string of the molecule is CCOC(=O)c1ncn(-c2ccc([N+](=O)[O-])cc2Br)c1N. The smallest absolute Gasteiger partial charge is 0.360 e. The maximum atomic E-state index is 11.7. The van der Waals surface area contributed by atoms with Gasteiger partial charge < -0.3 is 10.5 Å². The highest BCUT2D eigenvalue weighted by Gasteiger charge is 2.19. The average molecular weight is 355 g/mol. The molecule has 1 aromatic heterocycles. The van der Waals surface area contributed by atoms with Crippen molar-refractivity contribution in [3.63, 3.8) is 0 Å². The highest BCUT2D eigenvalue weighted by atomic mass is 79.9. The van der Waals surface area contributed by atoms with E-state index in [4.69, 9.17) is 10.5 Å². The molecular formula is C12H11BrN4O4. The molecule has 9 heteroatoms. The molecule has 0 radical (unpaired) electrons. The molecule has 0 unspecified atom stereocenters. The van der Waals surface area contributed by atoms with Crippen molar-refractivity contribution in [1.29, 1.82) is 0 Å². The molecule has 0 saturated heterocycles. The number of nitro groups is 1. The van der Waals surface area contributed by atoms with Crippen molar-refractivity contribution >= 4 is 33.4 Å². The molecule has 0 aliphatic heterocycles. The molecule has 1 heterocycles. The van der Waals surface area contributed by atoms with E-state index in [1.165, 1.54) is 29.1 Å². The first-order valence-corrected chi connectivity index (χ1v) is 6.69. The van der Waals surface area contributed by atoms with Crippen molar-refractivity contribution in [2.75, 3.05) is 12.3 Å². The number of hydrogen-bond donors (Lipinski definition) is 1. The topological polar surface area (TPSA) is 113 Å². The lowest BCUT2D eigenvalue weighted by atomic mass is 10.3. The van der Waals surface area contributed by atoms with Gasteiger partial charge in [-0.1, -0.05) is 0 Å². The van der Waals surface area contributed by atoms with E-state index in [0.29, 0.717) is 10.2 Å². The first-order valence-electron chi connectivity index (χ1n) is 5.90. The number of carbonyl (C=O) groups is 1. The number of halogens is 1. The minimum absolute atomic E-state index is 0.00195. The van der Waals surface area contributed by atoms with Crippen molar-refractivity contribution in [2.24, 2.45) is 0 Å². The van der Waals surface area contributed by atoms with Gasteiger partial charge in [0.05, 0.1) is 17.2 Å². The standard InChI is InChI=1S/C12H11BrN4O4/c1-2-21-12(18)10-11(14)16(6-15-10)9-4-3-7(17(19)20)5-8(9)13/h3-6H,2,14H2,1H3. The van der Waals surface area contributed by atoms with Crippen LogP contribution in [0.15, 0.2) is 29.0 Å². The van der Waals surface area contributed by atoms with E-state index in [1.807, 2.05) is 0 Å². The average Bonchev–Trinajstić information content (AvgIpc) is 2.80. The van der Waals surface area contributed by atoms with Crippen LogP contribution in [0.4, 0.5) is 11.5 Å². The van der Waals surface area contributed by atoms with E-state index in [2.05, 4.69) is 20.9 Å². The summed E-state index contributed by atoms with van der Waals surface area (Å²) in [5, 5.41) is 10.7. The van der Waals surface area contributed by atoms with Crippen LogP contribution in [0.3, 0.4) is 0 Å². The molecule has 110 valence electrons. The minimum Gasteiger partial charge on any atom is -0.461 e. The molecule has 0 fully saturated rings. The zero-order chi connectivity index (χ0) is 15.6. The van der Waals surface area contributed by atoms with Gasteiger partial charge in [0, 0.05) is 16.6 Å². The number of carbonyl (C=O) groups excluding carboxylic acids is 1. The van der Waals surface area contributed by atoms with Crippen LogP contribution in [-0.2, 0) is 4.74 Å². The Kier molecular flexibility index (Phi) is 4.22. The molecule has 1 aromatic carbocycles. The summed E-state index contributed by atoms with van der Waals surface area (Å²) in [6.07, 6.45) is 1.35. The lowest BCUT2D eigenvalue weighted by Gasteiger charge is -2.07.